The first-order valence-electron chi connectivity index (χ1n) is 12.3. The minimum Gasteiger partial charge on any atom is -0.0968 e. The van der Waals surface area contributed by atoms with Crippen LogP contribution in [0.25, 0.3) is 0 Å². The highest BCUT2D eigenvalue weighted by Gasteiger charge is 2.16. The fourth-order valence-electron chi connectivity index (χ4n) is 4.24. The van der Waals surface area contributed by atoms with Crippen molar-refractivity contribution in [1.82, 2.24) is 0 Å². The summed E-state index contributed by atoms with van der Waals surface area (Å²) in [6.07, 6.45) is 31.4. The van der Waals surface area contributed by atoms with Crippen LogP contribution in [0.3, 0.4) is 0 Å². The third-order valence-electron chi connectivity index (χ3n) is 5.94. The van der Waals surface area contributed by atoms with Crippen LogP contribution in [0.2, 0.25) is 0 Å². The van der Waals surface area contributed by atoms with E-state index in [4.69, 9.17) is 0 Å². The Morgan fingerprint density at radius 2 is 1.04 bits per heavy atom. The van der Waals surface area contributed by atoms with Crippen LogP contribution in [0, 0.1) is 12.1 Å². The summed E-state index contributed by atoms with van der Waals surface area (Å²) in [5.74, 6) is 0.928. The van der Waals surface area contributed by atoms with Gasteiger partial charge in [0.15, 0.2) is 12.4 Å². The summed E-state index contributed by atoms with van der Waals surface area (Å²) in [4.78, 5) is 8.57. The highest BCUT2D eigenvalue weighted by molar-refractivity contribution is 6.18. The number of hydrogen-bond donors (Lipinski definition) is 0. The van der Waals surface area contributed by atoms with Crippen molar-refractivity contribution in [3.8, 4) is 0 Å². The normalized spacial score (nSPS) is 14.4. The van der Waals surface area contributed by atoms with Gasteiger partial charge in [-0.2, -0.15) is 0 Å². The maximum absolute atomic E-state index is 4.29. The van der Waals surface area contributed by atoms with Crippen LogP contribution in [0.5, 0.6) is 0 Å². The second-order valence-corrected chi connectivity index (χ2v) is 8.55. The molecule has 1 rings (SSSR count). The molecule has 1 atom stereocenters. The van der Waals surface area contributed by atoms with Gasteiger partial charge in [-0.25, -0.2) is 0 Å². The number of rotatable bonds is 20. The predicted molar refractivity (Wildman–Crippen MR) is 123 cm³/mol. The van der Waals surface area contributed by atoms with Crippen LogP contribution in [0.4, 0.5) is 0 Å². The molecular weight excluding hydrogens is 328 g/mol. The number of unbranched alkanes of at least 4 members (excludes halogenated alkanes) is 12. The van der Waals surface area contributed by atoms with Crippen molar-refractivity contribution < 1.29 is 0 Å². The zero-order valence-corrected chi connectivity index (χ0v) is 18.6. The molecule has 0 fully saturated rings. The van der Waals surface area contributed by atoms with E-state index >= 15 is 0 Å². The molecule has 0 N–H and O–H groups in total. The summed E-state index contributed by atoms with van der Waals surface area (Å²) >= 11 is 0. The predicted octanol–water partition coefficient (Wildman–Crippen LogP) is 8.70. The molecule has 2 nitrogen and oxygen atoms in total. The smallest absolute Gasteiger partial charge is 0.0968 e. The fraction of sp³-hybridized carbons (Fsp3) is 0.880. The van der Waals surface area contributed by atoms with Crippen LogP contribution in [-0.4, -0.2) is 12.4 Å². The van der Waals surface area contributed by atoms with Crippen LogP contribution in [0.15, 0.2) is 9.98 Å². The van der Waals surface area contributed by atoms with Gasteiger partial charge in [-0.1, -0.05) is 127 Å². The molecule has 0 aromatic carbocycles. The van der Waals surface area contributed by atoms with E-state index in [-0.39, 0.29) is 0 Å². The zero-order valence-electron chi connectivity index (χ0n) is 18.6. The lowest BCUT2D eigenvalue weighted by atomic mass is 9.91. The Bertz CT molecular complexity index is 349. The number of hydrogen-bond acceptors (Lipinski definition) is 2. The van der Waals surface area contributed by atoms with Gasteiger partial charge in [-0.3, -0.25) is 0 Å². The van der Waals surface area contributed by atoms with Gasteiger partial charge in [0.2, 0.25) is 6.17 Å². The number of nitrogens with zero attached hydrogens (tertiary/aromatic N) is 2. The van der Waals surface area contributed by atoms with E-state index in [1.54, 1.807) is 0 Å². The van der Waals surface area contributed by atoms with Crippen LogP contribution >= 0.6 is 0 Å². The Morgan fingerprint density at radius 3 is 1.56 bits per heavy atom. The van der Waals surface area contributed by atoms with Crippen LogP contribution < -0.4 is 0 Å². The molecule has 0 aliphatic carbocycles. The molecule has 0 amide bonds. The van der Waals surface area contributed by atoms with E-state index in [0.717, 1.165) is 18.5 Å². The van der Waals surface area contributed by atoms with Gasteiger partial charge in [-0.15, -0.1) is 0 Å². The summed E-state index contributed by atoms with van der Waals surface area (Å²) in [5, 5.41) is 0. The third-order valence-corrected chi connectivity index (χ3v) is 5.94. The van der Waals surface area contributed by atoms with Crippen molar-refractivity contribution in [3.05, 3.63) is 6.17 Å². The van der Waals surface area contributed by atoms with E-state index in [0.29, 0.717) is 0 Å². The van der Waals surface area contributed by atoms with Crippen LogP contribution in [0.1, 0.15) is 136 Å². The molecule has 0 saturated carbocycles. The summed E-state index contributed by atoms with van der Waals surface area (Å²) in [5.41, 5.74) is 0. The van der Waals surface area contributed by atoms with E-state index < -0.39 is 0 Å². The molecule has 0 aromatic heterocycles. The van der Waals surface area contributed by atoms with Gasteiger partial charge < -0.3 is 0 Å². The van der Waals surface area contributed by atoms with Crippen LogP contribution in [-0.2, 0) is 0 Å². The summed E-state index contributed by atoms with van der Waals surface area (Å²) in [6.45, 7) is 4.63. The fourth-order valence-corrected chi connectivity index (χ4v) is 4.24. The minimum atomic E-state index is 0.928. The first-order valence-corrected chi connectivity index (χ1v) is 12.3. The molecule has 1 heterocycles. The Kier molecular flexibility index (Phi) is 16.7. The molecule has 2 heteroatoms. The Balaban J connectivity index is 1.86. The highest BCUT2D eigenvalue weighted by atomic mass is 15.0. The second-order valence-electron chi connectivity index (χ2n) is 8.55. The van der Waals surface area contributed by atoms with Crippen molar-refractivity contribution in [3.63, 3.8) is 0 Å². The quantitative estimate of drug-likeness (QED) is 0.150. The molecule has 27 heavy (non-hydrogen) atoms. The Labute approximate surface area is 170 Å². The molecule has 1 aliphatic rings. The number of aliphatic imine (C=N–C) groups is 2. The van der Waals surface area contributed by atoms with Gasteiger partial charge in [-0.05, 0) is 18.8 Å². The first-order chi connectivity index (χ1) is 13.4. The summed E-state index contributed by atoms with van der Waals surface area (Å²) in [7, 11) is 0. The van der Waals surface area contributed by atoms with E-state index in [2.05, 4.69) is 23.8 Å². The second kappa shape index (κ2) is 18.6. The summed E-state index contributed by atoms with van der Waals surface area (Å²) in [6, 6.07) is 0. The molecule has 1 aliphatic heterocycles. The van der Waals surface area contributed by atoms with Gasteiger partial charge >= 0.3 is 0 Å². The van der Waals surface area contributed by atoms with Crippen molar-refractivity contribution in [2.45, 2.75) is 136 Å². The molecule has 0 bridgehead atoms. The highest BCUT2D eigenvalue weighted by Crippen LogP contribution is 2.25. The largest absolute Gasteiger partial charge is 0.240 e. The molecule has 0 aromatic rings. The average molecular weight is 376 g/mol. The lowest BCUT2D eigenvalue weighted by Crippen LogP contribution is -2.01. The van der Waals surface area contributed by atoms with Gasteiger partial charge in [0.05, 0.1) is 6.42 Å². The maximum atomic E-state index is 4.29. The monoisotopic (exact) mass is 375 g/mol. The van der Waals surface area contributed by atoms with Gasteiger partial charge in [0.1, 0.15) is 0 Å². The van der Waals surface area contributed by atoms with Gasteiger partial charge in [0, 0.05) is 0 Å². The summed E-state index contributed by atoms with van der Waals surface area (Å²) < 4.78 is 0. The Hall–Kier alpha value is -0.790. The van der Waals surface area contributed by atoms with Crippen molar-refractivity contribution in [2.24, 2.45) is 15.9 Å². The van der Waals surface area contributed by atoms with E-state index in [1.807, 2.05) is 12.4 Å². The average Bonchev–Trinajstić information content (AvgIpc) is 3.19. The SMILES string of the molecule is CCCCCCCCCCCCCCCC(CCC)CCC[C+]1N=CC=N1. The lowest BCUT2D eigenvalue weighted by molar-refractivity contribution is 0.381. The molecule has 0 spiro atoms. The van der Waals surface area contributed by atoms with Crippen molar-refractivity contribution >= 4 is 12.4 Å². The van der Waals surface area contributed by atoms with Crippen molar-refractivity contribution in [1.29, 1.82) is 0 Å². The van der Waals surface area contributed by atoms with E-state index in [1.165, 1.54) is 116 Å². The molecule has 1 unspecified atom stereocenters. The zero-order chi connectivity index (χ0) is 19.4. The first kappa shape index (κ1) is 24.2. The third kappa shape index (κ3) is 14.9. The standard InChI is InChI=1S/C25H47N2/c1-3-5-6-7-8-9-10-11-12-13-14-15-16-19-24(18-4-2)20-17-21-25-26-22-23-27-25/h22-24H,3-21H2,1-2H3/q+1. The lowest BCUT2D eigenvalue weighted by Gasteiger charge is -2.15. The topological polar surface area (TPSA) is 24.7 Å². The molecule has 0 radical (unpaired) electrons. The van der Waals surface area contributed by atoms with Crippen molar-refractivity contribution in [2.75, 3.05) is 0 Å². The van der Waals surface area contributed by atoms with Gasteiger partial charge in [0.25, 0.3) is 0 Å². The minimum absolute atomic E-state index is 0.928. The molecule has 156 valence electrons. The van der Waals surface area contributed by atoms with E-state index in [9.17, 15) is 0 Å². The molecule has 0 saturated heterocycles. The molecular formula is C25H47N2+. The Morgan fingerprint density at radius 1 is 0.556 bits per heavy atom. The maximum Gasteiger partial charge on any atom is 0.240 e.